The van der Waals surface area contributed by atoms with Crippen LogP contribution in [0.1, 0.15) is 24.8 Å². The molecule has 0 bridgehead atoms. The van der Waals surface area contributed by atoms with E-state index in [0.717, 1.165) is 24.8 Å². The van der Waals surface area contributed by atoms with Gasteiger partial charge in [0.2, 0.25) is 0 Å². The van der Waals surface area contributed by atoms with Gasteiger partial charge in [0.1, 0.15) is 6.61 Å². The second kappa shape index (κ2) is 6.40. The van der Waals surface area contributed by atoms with Gasteiger partial charge in [0, 0.05) is 12.5 Å². The number of rotatable bonds is 4. The summed E-state index contributed by atoms with van der Waals surface area (Å²) in [5.41, 5.74) is 0.966. The smallest absolute Gasteiger partial charge is 0.407 e. The van der Waals surface area contributed by atoms with Gasteiger partial charge in [-0.3, -0.25) is 0 Å². The summed E-state index contributed by atoms with van der Waals surface area (Å²) in [6.45, 7) is 0.773. The Hall–Kier alpha value is -1.55. The number of benzene rings is 1. The highest BCUT2D eigenvalue weighted by atomic mass is 16.5. The fourth-order valence-electron chi connectivity index (χ4n) is 2.24. The molecule has 1 aliphatic rings. The quantitative estimate of drug-likeness (QED) is 0.859. The number of amides is 1. The summed E-state index contributed by atoms with van der Waals surface area (Å²) in [5, 5.41) is 12.3. The third kappa shape index (κ3) is 3.74. The second-order valence-corrected chi connectivity index (χ2v) is 4.70. The first-order chi connectivity index (χ1) is 8.75. The van der Waals surface area contributed by atoms with Crippen molar-refractivity contribution < 1.29 is 14.6 Å². The first-order valence-electron chi connectivity index (χ1n) is 6.38. The fourth-order valence-corrected chi connectivity index (χ4v) is 2.24. The van der Waals surface area contributed by atoms with Crippen molar-refractivity contribution in [3.63, 3.8) is 0 Å². The minimum Gasteiger partial charge on any atom is -0.445 e. The van der Waals surface area contributed by atoms with Gasteiger partial charge >= 0.3 is 6.09 Å². The Balaban J connectivity index is 1.66. The van der Waals surface area contributed by atoms with Crippen LogP contribution in [0.5, 0.6) is 0 Å². The van der Waals surface area contributed by atoms with Crippen molar-refractivity contribution in [2.75, 3.05) is 6.54 Å². The minimum absolute atomic E-state index is 0.175. The predicted octanol–water partition coefficient (Wildman–Crippen LogP) is 2.07. The molecule has 4 heteroatoms. The Bertz CT molecular complexity index is 380. The number of aliphatic hydroxyl groups is 1. The number of alkyl carbamates (subject to hydrolysis) is 1. The molecule has 1 aliphatic carbocycles. The van der Waals surface area contributed by atoms with E-state index in [1.54, 1.807) is 0 Å². The fraction of sp³-hybridized carbons (Fsp3) is 0.500. The van der Waals surface area contributed by atoms with Gasteiger partial charge in [-0.1, -0.05) is 36.8 Å². The molecule has 2 rings (SSSR count). The van der Waals surface area contributed by atoms with Crippen LogP contribution >= 0.6 is 0 Å². The maximum Gasteiger partial charge on any atom is 0.407 e. The van der Waals surface area contributed by atoms with Crippen LogP contribution in [0.2, 0.25) is 0 Å². The van der Waals surface area contributed by atoms with Gasteiger partial charge in [0.25, 0.3) is 0 Å². The van der Waals surface area contributed by atoms with Crippen LogP contribution in [0.15, 0.2) is 30.3 Å². The molecule has 0 aromatic heterocycles. The average Bonchev–Trinajstić information content (AvgIpc) is 2.81. The van der Waals surface area contributed by atoms with E-state index in [9.17, 15) is 9.90 Å². The number of ether oxygens (including phenoxy) is 1. The molecule has 0 spiro atoms. The van der Waals surface area contributed by atoms with Gasteiger partial charge < -0.3 is 15.2 Å². The second-order valence-electron chi connectivity index (χ2n) is 4.70. The lowest BCUT2D eigenvalue weighted by molar-refractivity contribution is 0.118. The minimum atomic E-state index is -0.419. The maximum absolute atomic E-state index is 11.5. The van der Waals surface area contributed by atoms with Crippen LogP contribution in [0.3, 0.4) is 0 Å². The van der Waals surface area contributed by atoms with E-state index in [0.29, 0.717) is 6.54 Å². The van der Waals surface area contributed by atoms with Gasteiger partial charge in [-0.05, 0) is 18.4 Å². The third-order valence-electron chi connectivity index (χ3n) is 3.34. The van der Waals surface area contributed by atoms with E-state index in [4.69, 9.17) is 4.74 Å². The summed E-state index contributed by atoms with van der Waals surface area (Å²) in [4.78, 5) is 11.5. The Morgan fingerprint density at radius 3 is 2.78 bits per heavy atom. The topological polar surface area (TPSA) is 58.6 Å². The molecule has 4 nitrogen and oxygen atoms in total. The monoisotopic (exact) mass is 249 g/mol. The highest BCUT2D eigenvalue weighted by molar-refractivity contribution is 5.67. The van der Waals surface area contributed by atoms with Crippen molar-refractivity contribution in [2.45, 2.75) is 32.0 Å². The maximum atomic E-state index is 11.5. The third-order valence-corrected chi connectivity index (χ3v) is 3.34. The molecule has 0 saturated heterocycles. The zero-order chi connectivity index (χ0) is 12.8. The number of hydrogen-bond acceptors (Lipinski definition) is 3. The van der Waals surface area contributed by atoms with Gasteiger partial charge in [0.15, 0.2) is 0 Å². The van der Waals surface area contributed by atoms with Gasteiger partial charge in [-0.15, -0.1) is 0 Å². The van der Waals surface area contributed by atoms with Crippen molar-refractivity contribution in [2.24, 2.45) is 5.92 Å². The Kier molecular flexibility index (Phi) is 4.59. The summed E-state index contributed by atoms with van der Waals surface area (Å²) in [6.07, 6.45) is 2.15. The molecule has 1 aromatic carbocycles. The summed E-state index contributed by atoms with van der Waals surface area (Å²) < 4.78 is 5.09. The average molecular weight is 249 g/mol. The lowest BCUT2D eigenvalue weighted by atomic mass is 10.1. The van der Waals surface area contributed by atoms with Crippen LogP contribution in [-0.4, -0.2) is 23.8 Å². The van der Waals surface area contributed by atoms with Crippen molar-refractivity contribution in [3.8, 4) is 0 Å². The molecule has 0 radical (unpaired) electrons. The molecule has 2 N–H and O–H groups in total. The SMILES string of the molecule is O=C(NCC1CCCC1O)OCc1ccccc1. The van der Waals surface area contributed by atoms with Crippen molar-refractivity contribution in [1.29, 1.82) is 0 Å². The molecule has 0 aliphatic heterocycles. The molecule has 1 saturated carbocycles. The van der Waals surface area contributed by atoms with Crippen LogP contribution < -0.4 is 5.32 Å². The van der Waals surface area contributed by atoms with E-state index in [1.807, 2.05) is 30.3 Å². The zero-order valence-corrected chi connectivity index (χ0v) is 10.3. The molecule has 1 fully saturated rings. The van der Waals surface area contributed by atoms with Crippen molar-refractivity contribution >= 4 is 6.09 Å². The Morgan fingerprint density at radius 2 is 2.11 bits per heavy atom. The zero-order valence-electron chi connectivity index (χ0n) is 10.3. The molecule has 2 atom stereocenters. The largest absolute Gasteiger partial charge is 0.445 e. The van der Waals surface area contributed by atoms with Gasteiger partial charge in [-0.2, -0.15) is 0 Å². The molecular formula is C14H19NO3. The summed E-state index contributed by atoms with van der Waals surface area (Å²) in [5.74, 6) is 0.175. The number of aliphatic hydroxyl groups excluding tert-OH is 1. The van der Waals surface area contributed by atoms with E-state index in [1.165, 1.54) is 0 Å². The van der Waals surface area contributed by atoms with E-state index in [2.05, 4.69) is 5.32 Å². The summed E-state index contributed by atoms with van der Waals surface area (Å²) in [6, 6.07) is 9.56. The summed E-state index contributed by atoms with van der Waals surface area (Å²) >= 11 is 0. The molecule has 2 unspecified atom stereocenters. The summed E-state index contributed by atoms with van der Waals surface area (Å²) in [7, 11) is 0. The first-order valence-corrected chi connectivity index (χ1v) is 6.38. The Morgan fingerprint density at radius 1 is 1.33 bits per heavy atom. The number of carbonyl (C=O) groups is 1. The number of carbonyl (C=O) groups excluding carboxylic acids is 1. The van der Waals surface area contributed by atoms with Crippen molar-refractivity contribution in [3.05, 3.63) is 35.9 Å². The normalized spacial score (nSPS) is 22.7. The van der Waals surface area contributed by atoms with Crippen LogP contribution in [0, 0.1) is 5.92 Å². The molecule has 98 valence electrons. The molecule has 0 heterocycles. The number of hydrogen-bond donors (Lipinski definition) is 2. The van der Waals surface area contributed by atoms with E-state index >= 15 is 0 Å². The molecule has 1 aromatic rings. The highest BCUT2D eigenvalue weighted by Crippen LogP contribution is 2.24. The first kappa shape index (κ1) is 12.9. The van der Waals surface area contributed by atoms with Crippen LogP contribution in [0.4, 0.5) is 4.79 Å². The van der Waals surface area contributed by atoms with Gasteiger partial charge in [0.05, 0.1) is 6.10 Å². The highest BCUT2D eigenvalue weighted by Gasteiger charge is 2.25. The lowest BCUT2D eigenvalue weighted by Gasteiger charge is -2.14. The lowest BCUT2D eigenvalue weighted by Crippen LogP contribution is -2.32. The van der Waals surface area contributed by atoms with Gasteiger partial charge in [-0.25, -0.2) is 4.79 Å². The Labute approximate surface area is 107 Å². The van der Waals surface area contributed by atoms with Crippen LogP contribution in [-0.2, 0) is 11.3 Å². The number of nitrogens with one attached hydrogen (secondary N) is 1. The van der Waals surface area contributed by atoms with Crippen molar-refractivity contribution in [1.82, 2.24) is 5.32 Å². The van der Waals surface area contributed by atoms with E-state index < -0.39 is 6.09 Å². The van der Waals surface area contributed by atoms with Crippen LogP contribution in [0.25, 0.3) is 0 Å². The predicted molar refractivity (Wildman–Crippen MR) is 68.0 cm³/mol. The molecule has 18 heavy (non-hydrogen) atoms. The van der Waals surface area contributed by atoms with E-state index in [-0.39, 0.29) is 18.6 Å². The molecule has 1 amide bonds. The molecular weight excluding hydrogens is 230 g/mol. The standard InChI is InChI=1S/C14H19NO3/c16-13-8-4-7-12(13)9-15-14(17)18-10-11-5-2-1-3-6-11/h1-3,5-6,12-13,16H,4,7-10H2,(H,15,17).